The molecule has 24 nitrogen and oxygen atoms in total. The third-order valence-corrected chi connectivity index (χ3v) is 21.8. The van der Waals surface area contributed by atoms with Gasteiger partial charge < -0.3 is 33.4 Å². The van der Waals surface area contributed by atoms with E-state index in [1.54, 1.807) is 61.5 Å². The molecule has 2 saturated heterocycles. The number of imidazole rings is 2. The molecule has 6 heterocycles. The van der Waals surface area contributed by atoms with Crippen LogP contribution in [0.1, 0.15) is 93.4 Å². The van der Waals surface area contributed by atoms with Crippen LogP contribution < -0.4 is 25.7 Å². The second kappa shape index (κ2) is 26.1. The molecule has 0 bridgehead atoms. The van der Waals surface area contributed by atoms with Gasteiger partial charge in [0.2, 0.25) is 11.9 Å². The molecule has 2 aliphatic heterocycles. The number of hydrogen-bond acceptors (Lipinski definition) is 19. The van der Waals surface area contributed by atoms with E-state index in [1.165, 1.54) is 19.0 Å². The lowest BCUT2D eigenvalue weighted by molar-refractivity contribution is -0.118. The number of anilines is 2. The average Bonchev–Trinajstić information content (AvgIpc) is 1.86. The minimum absolute atomic E-state index is 0.00782. The third kappa shape index (κ3) is 13.4. The van der Waals surface area contributed by atoms with Gasteiger partial charge >= 0.3 is 7.82 Å². The summed E-state index contributed by atoms with van der Waals surface area (Å²) in [7, 11) is -4.17. The summed E-state index contributed by atoms with van der Waals surface area (Å²) in [5, 5.41) is 15.0. The van der Waals surface area contributed by atoms with Crippen molar-refractivity contribution in [3.05, 3.63) is 161 Å². The number of ether oxygens (including phenoxy) is 5. The predicted molar refractivity (Wildman–Crippen MR) is 323 cm³/mol. The Balaban J connectivity index is 1.01. The maximum Gasteiger partial charge on any atom is 0.475 e. The molecule has 0 aliphatic carbocycles. The number of methoxy groups -OCH3 is 2. The summed E-state index contributed by atoms with van der Waals surface area (Å²) in [4.78, 5) is 64.6. The van der Waals surface area contributed by atoms with E-state index in [4.69, 9.17) is 41.7 Å². The van der Waals surface area contributed by atoms with Crippen molar-refractivity contribution in [1.82, 2.24) is 39.0 Å². The van der Waals surface area contributed by atoms with Crippen molar-refractivity contribution in [3.63, 3.8) is 0 Å². The maximum absolute atomic E-state index is 15.7. The number of fused-ring (bicyclic) bond motifs is 2. The minimum atomic E-state index is -4.77. The van der Waals surface area contributed by atoms with E-state index >= 15 is 4.57 Å². The van der Waals surface area contributed by atoms with Gasteiger partial charge in [-0.15, -0.1) is 0 Å². The van der Waals surface area contributed by atoms with Crippen molar-refractivity contribution in [2.75, 3.05) is 44.7 Å². The molecule has 0 saturated carbocycles. The molecule has 1 unspecified atom stereocenters. The number of nitriles is 1. The van der Waals surface area contributed by atoms with Gasteiger partial charge in [-0.2, -0.15) is 10.2 Å². The number of carbonyl (C=O) groups excluding carboxylic acids is 2. The molecule has 0 spiro atoms. The topological polar surface area (TPSA) is 289 Å². The van der Waals surface area contributed by atoms with Crippen LogP contribution in [-0.2, 0) is 47.2 Å². The van der Waals surface area contributed by atoms with Gasteiger partial charge in [-0.3, -0.25) is 47.4 Å². The Morgan fingerprint density at radius 2 is 1.33 bits per heavy atom. The normalized spacial score (nSPS) is 19.7. The quantitative estimate of drug-likeness (QED) is 0.0219. The highest BCUT2D eigenvalue weighted by atomic mass is 31.2. The second-order valence-corrected chi connectivity index (χ2v) is 29.2. The van der Waals surface area contributed by atoms with Crippen LogP contribution in [0.25, 0.3) is 22.3 Å². The molecular formula is C61H70N11O13PSi. The fourth-order valence-corrected chi connectivity index (χ4v) is 12.9. The number of hydrogen-bond donors (Lipinski definition) is 3. The molecule has 2 aliphatic rings. The smallest absolute Gasteiger partial charge is 0.475 e. The summed E-state index contributed by atoms with van der Waals surface area (Å²) in [6, 6.07) is 35.5. The van der Waals surface area contributed by atoms with Gasteiger partial charge in [-0.25, -0.2) is 24.5 Å². The Labute approximate surface area is 503 Å². The van der Waals surface area contributed by atoms with E-state index in [2.05, 4.69) is 74.4 Å². The van der Waals surface area contributed by atoms with Crippen molar-refractivity contribution >= 4 is 62.0 Å². The molecular weight excluding hydrogens is 1150 g/mol. The number of H-pyrrole nitrogens is 1. The zero-order valence-corrected chi connectivity index (χ0v) is 51.6. The third-order valence-electron chi connectivity index (χ3n) is 15.8. The predicted octanol–water partition coefficient (Wildman–Crippen LogP) is 10.2. The fourth-order valence-electron chi connectivity index (χ4n) is 10.1. The van der Waals surface area contributed by atoms with Crippen molar-refractivity contribution in [2.24, 2.45) is 5.92 Å². The van der Waals surface area contributed by atoms with Crippen LogP contribution >= 0.6 is 7.82 Å². The molecule has 26 heteroatoms. The molecule has 2 fully saturated rings. The van der Waals surface area contributed by atoms with Gasteiger partial charge in [-0.05, 0) is 71.2 Å². The molecule has 8 aromatic rings. The van der Waals surface area contributed by atoms with E-state index in [9.17, 15) is 19.6 Å². The molecule has 0 radical (unpaired) electrons. The summed E-state index contributed by atoms with van der Waals surface area (Å²) in [6.07, 6.45) is -1.26. The first-order chi connectivity index (χ1) is 41.7. The average molecular weight is 1220 g/mol. The Kier molecular flexibility index (Phi) is 18.6. The Morgan fingerprint density at radius 1 is 0.759 bits per heavy atom. The zero-order valence-electron chi connectivity index (χ0n) is 49.7. The van der Waals surface area contributed by atoms with Crippen LogP contribution in [0.15, 0.2) is 133 Å². The van der Waals surface area contributed by atoms with Gasteiger partial charge in [0.05, 0.1) is 65.3 Å². The van der Waals surface area contributed by atoms with Crippen molar-refractivity contribution in [3.8, 4) is 17.6 Å². The van der Waals surface area contributed by atoms with Crippen molar-refractivity contribution in [1.29, 1.82) is 5.26 Å². The second-order valence-electron chi connectivity index (χ2n) is 22.8. The standard InChI is InChI=1S/C61H70N11O13PSi/c1-38(2)56(73)69-59-68-55-52(58(75)70-59)66-37-72(55)50-32-46(85-87(8,9)60(3,4)5)48(83-50)34-81-86(76,80-30-16-29-62)84-45-31-49(71-36-65-51-53(63-35-64-54(51)71)67-57(74)39-17-12-10-13-18-39)82-47(45)33-79-61(40-19-14-11-15-20-40,41-21-25-43(77-6)26-22-41)42-23-27-44(78-7)28-24-42/h10-15,17-28,35-38,45-50H,16,30-34H2,1-9H3,(H,63,64,67,74)(H2,68,69,70,73,75)/t45-,46-,47+,48+,49+,50+,86?/m0/s1. The largest absolute Gasteiger partial charge is 0.497 e. The minimum Gasteiger partial charge on any atom is -0.497 e. The van der Waals surface area contributed by atoms with Crippen LogP contribution in [0.5, 0.6) is 11.5 Å². The van der Waals surface area contributed by atoms with Gasteiger partial charge in [0, 0.05) is 24.3 Å². The Morgan fingerprint density at radius 3 is 1.93 bits per heavy atom. The zero-order chi connectivity index (χ0) is 61.7. The maximum atomic E-state index is 15.7. The Bertz CT molecular complexity index is 3810. The number of benzene rings is 4. The highest BCUT2D eigenvalue weighted by molar-refractivity contribution is 7.48. The lowest BCUT2D eigenvalue weighted by atomic mass is 9.80. The lowest BCUT2D eigenvalue weighted by Crippen LogP contribution is -2.46. The van der Waals surface area contributed by atoms with Gasteiger partial charge in [0.25, 0.3) is 11.5 Å². The molecule has 3 N–H and O–H groups in total. The summed E-state index contributed by atoms with van der Waals surface area (Å²) in [6.45, 7) is 13.0. The monoisotopic (exact) mass is 1220 g/mol. The van der Waals surface area contributed by atoms with Gasteiger partial charge in [0.1, 0.15) is 54.2 Å². The van der Waals surface area contributed by atoms with Crippen LogP contribution in [0, 0.1) is 17.2 Å². The fraction of sp³-hybridized carbons (Fsp3) is 0.393. The molecule has 2 amide bonds. The van der Waals surface area contributed by atoms with Crippen LogP contribution in [-0.4, -0.2) is 118 Å². The van der Waals surface area contributed by atoms with Crippen molar-refractivity contribution in [2.45, 2.75) is 114 Å². The number of phosphoric ester groups is 1. The first-order valence-corrected chi connectivity index (χ1v) is 32.8. The number of carbonyl (C=O) groups is 2. The number of aromatic amines is 1. The molecule has 4 aromatic heterocycles. The summed E-state index contributed by atoms with van der Waals surface area (Å²) < 4.78 is 77.5. The van der Waals surface area contributed by atoms with Gasteiger partial charge in [0.15, 0.2) is 36.5 Å². The summed E-state index contributed by atoms with van der Waals surface area (Å²) in [5.41, 5.74) is 1.47. The number of rotatable bonds is 24. The van der Waals surface area contributed by atoms with E-state index in [-0.39, 0.29) is 71.9 Å². The highest BCUT2D eigenvalue weighted by Gasteiger charge is 2.49. The number of phosphoric acid groups is 1. The number of aromatic nitrogens is 8. The first-order valence-electron chi connectivity index (χ1n) is 28.5. The molecule has 87 heavy (non-hydrogen) atoms. The Hall–Kier alpha value is -8.02. The summed E-state index contributed by atoms with van der Waals surface area (Å²) >= 11 is 0. The summed E-state index contributed by atoms with van der Waals surface area (Å²) in [5.74, 6) is 0.194. The lowest BCUT2D eigenvalue weighted by Gasteiger charge is -2.39. The van der Waals surface area contributed by atoms with Crippen LogP contribution in [0.4, 0.5) is 11.8 Å². The highest BCUT2D eigenvalue weighted by Crippen LogP contribution is 2.55. The molecule has 7 atom stereocenters. The number of nitrogens with one attached hydrogen (secondary N) is 3. The molecule has 10 rings (SSSR count). The molecule has 4 aromatic carbocycles. The van der Waals surface area contributed by atoms with Crippen LogP contribution in [0.2, 0.25) is 18.1 Å². The molecule has 456 valence electrons. The van der Waals surface area contributed by atoms with Gasteiger partial charge in [-0.1, -0.05) is 107 Å². The van der Waals surface area contributed by atoms with E-state index < -0.39 is 82.6 Å². The first kappa shape index (κ1) is 62.0. The van der Waals surface area contributed by atoms with Crippen LogP contribution in [0.3, 0.4) is 0 Å². The number of nitrogens with zero attached hydrogens (tertiary/aromatic N) is 8. The van der Waals surface area contributed by atoms with E-state index in [1.807, 2.05) is 91.0 Å². The van der Waals surface area contributed by atoms with Crippen molar-refractivity contribution < 1.29 is 55.8 Å². The van der Waals surface area contributed by atoms with E-state index in [0.29, 0.717) is 22.7 Å². The number of amides is 2. The SMILES string of the molecule is COc1ccc(C(OC[C@H]2O[C@@H](n3cnc4c(NC(=O)c5ccccc5)ncnc43)C[C@@H]2OP(=O)(OCCC#N)OC[C@H]2O[C@@H](n3cnc4c(=O)[nH]c(NC(=O)C(C)C)nc43)C[C@@H]2O[Si](C)(C)C(C)(C)C)(c2ccccc2)c2ccc(OC)cc2)cc1. The van der Waals surface area contributed by atoms with E-state index in [0.717, 1.165) is 16.7 Å².